The Morgan fingerprint density at radius 3 is 2.50 bits per heavy atom. The zero-order chi connectivity index (χ0) is 11.8. The van der Waals surface area contributed by atoms with E-state index in [1.54, 1.807) is 6.07 Å². The zero-order valence-electron chi connectivity index (χ0n) is 8.90. The molecule has 88 valence electrons. The molecule has 1 fully saturated rings. The summed E-state index contributed by atoms with van der Waals surface area (Å²) in [4.78, 5) is 0. The van der Waals surface area contributed by atoms with Gasteiger partial charge < -0.3 is 5.73 Å². The minimum Gasteiger partial charge on any atom is -0.321 e. The van der Waals surface area contributed by atoms with Crippen LogP contribution in [-0.4, -0.2) is 0 Å². The van der Waals surface area contributed by atoms with Crippen molar-refractivity contribution in [3.05, 3.63) is 33.0 Å². The van der Waals surface area contributed by atoms with E-state index in [-0.39, 0.29) is 5.82 Å². The van der Waals surface area contributed by atoms with Crippen LogP contribution in [0.4, 0.5) is 4.39 Å². The molecule has 0 atom stereocenters. The fraction of sp³-hybridized carbons (Fsp3) is 0.500. The van der Waals surface area contributed by atoms with Crippen molar-refractivity contribution in [2.75, 3.05) is 0 Å². The van der Waals surface area contributed by atoms with Gasteiger partial charge in [-0.15, -0.1) is 0 Å². The molecule has 2 N–H and O–H groups in total. The van der Waals surface area contributed by atoms with Crippen LogP contribution in [-0.2, 0) is 5.54 Å². The molecule has 0 radical (unpaired) electrons. The molecule has 0 aromatic heterocycles. The van der Waals surface area contributed by atoms with Gasteiger partial charge in [0, 0.05) is 15.6 Å². The maximum absolute atomic E-state index is 13.9. The van der Waals surface area contributed by atoms with Crippen LogP contribution in [0.15, 0.2) is 16.6 Å². The minimum atomic E-state index is -0.594. The highest BCUT2D eigenvalue weighted by Crippen LogP contribution is 2.41. The van der Waals surface area contributed by atoms with E-state index >= 15 is 0 Å². The van der Waals surface area contributed by atoms with E-state index in [2.05, 4.69) is 15.9 Å². The molecule has 0 aliphatic heterocycles. The third-order valence-corrected chi connectivity index (χ3v) is 4.57. The first kappa shape index (κ1) is 12.3. The van der Waals surface area contributed by atoms with E-state index < -0.39 is 5.54 Å². The molecule has 16 heavy (non-hydrogen) atoms. The second kappa shape index (κ2) is 4.63. The molecule has 2 rings (SSSR count). The molecule has 0 amide bonds. The van der Waals surface area contributed by atoms with Crippen molar-refractivity contribution in [2.45, 2.75) is 37.6 Å². The minimum absolute atomic E-state index is 0.294. The first-order valence-electron chi connectivity index (χ1n) is 5.47. The summed E-state index contributed by atoms with van der Waals surface area (Å²) in [5.41, 5.74) is 6.19. The Morgan fingerprint density at radius 2 is 1.88 bits per heavy atom. The lowest BCUT2D eigenvalue weighted by atomic mass is 9.77. The second-order valence-corrected chi connectivity index (χ2v) is 5.67. The summed E-state index contributed by atoms with van der Waals surface area (Å²) < 4.78 is 14.6. The fourth-order valence-electron chi connectivity index (χ4n) is 2.42. The van der Waals surface area contributed by atoms with Crippen molar-refractivity contribution in [1.82, 2.24) is 0 Å². The van der Waals surface area contributed by atoms with Gasteiger partial charge in [0.15, 0.2) is 0 Å². The van der Waals surface area contributed by atoms with Gasteiger partial charge in [-0.1, -0.05) is 30.9 Å². The Kier molecular flexibility index (Phi) is 3.57. The maximum atomic E-state index is 13.9. The SMILES string of the molecule is NC1(c2c(F)ccc(Br)c2Cl)CCCCC1. The van der Waals surface area contributed by atoms with E-state index in [4.69, 9.17) is 17.3 Å². The Balaban J connectivity index is 2.49. The van der Waals surface area contributed by atoms with Gasteiger partial charge >= 0.3 is 0 Å². The predicted molar refractivity (Wildman–Crippen MR) is 68.1 cm³/mol. The summed E-state index contributed by atoms with van der Waals surface area (Å²) in [6.45, 7) is 0. The molecular formula is C12H14BrClFN. The number of nitrogens with two attached hydrogens (primary N) is 1. The van der Waals surface area contributed by atoms with Crippen LogP contribution in [0, 0.1) is 5.82 Å². The topological polar surface area (TPSA) is 26.0 Å². The molecule has 1 saturated carbocycles. The molecule has 1 aliphatic rings. The summed E-state index contributed by atoms with van der Waals surface area (Å²) in [5, 5.41) is 0.421. The second-order valence-electron chi connectivity index (χ2n) is 4.43. The fourth-order valence-corrected chi connectivity index (χ4v) is 3.09. The van der Waals surface area contributed by atoms with Gasteiger partial charge in [-0.2, -0.15) is 0 Å². The van der Waals surface area contributed by atoms with Crippen molar-refractivity contribution in [1.29, 1.82) is 0 Å². The third kappa shape index (κ3) is 2.13. The van der Waals surface area contributed by atoms with Crippen molar-refractivity contribution in [2.24, 2.45) is 5.73 Å². The van der Waals surface area contributed by atoms with Crippen LogP contribution in [0.3, 0.4) is 0 Å². The van der Waals surface area contributed by atoms with Gasteiger partial charge in [-0.3, -0.25) is 0 Å². The summed E-state index contributed by atoms with van der Waals surface area (Å²) in [5.74, 6) is -0.294. The van der Waals surface area contributed by atoms with Gasteiger partial charge in [0.05, 0.1) is 5.02 Å². The Hall–Kier alpha value is -0.120. The van der Waals surface area contributed by atoms with Crippen LogP contribution < -0.4 is 5.73 Å². The summed E-state index contributed by atoms with van der Waals surface area (Å²) >= 11 is 9.47. The van der Waals surface area contributed by atoms with Crippen LogP contribution in [0.2, 0.25) is 5.02 Å². The number of benzene rings is 1. The summed E-state index contributed by atoms with van der Waals surface area (Å²) in [6.07, 6.45) is 4.87. The van der Waals surface area contributed by atoms with E-state index in [9.17, 15) is 4.39 Å². The van der Waals surface area contributed by atoms with Gasteiger partial charge in [0.2, 0.25) is 0 Å². The Bertz CT molecular complexity index is 402. The number of rotatable bonds is 1. The lowest BCUT2D eigenvalue weighted by Gasteiger charge is -2.35. The lowest BCUT2D eigenvalue weighted by Crippen LogP contribution is -2.39. The number of halogens is 3. The van der Waals surface area contributed by atoms with E-state index in [1.165, 1.54) is 12.5 Å². The van der Waals surface area contributed by atoms with Crippen LogP contribution in [0.5, 0.6) is 0 Å². The molecule has 0 saturated heterocycles. The monoisotopic (exact) mass is 305 g/mol. The molecule has 0 spiro atoms. The van der Waals surface area contributed by atoms with Crippen molar-refractivity contribution in [3.63, 3.8) is 0 Å². The average molecular weight is 307 g/mol. The normalized spacial score (nSPS) is 19.8. The highest BCUT2D eigenvalue weighted by molar-refractivity contribution is 9.10. The molecule has 1 aliphatic carbocycles. The van der Waals surface area contributed by atoms with Gasteiger partial charge in [0.25, 0.3) is 0 Å². The molecule has 0 bridgehead atoms. The zero-order valence-corrected chi connectivity index (χ0v) is 11.2. The van der Waals surface area contributed by atoms with Gasteiger partial charge in [-0.05, 0) is 40.9 Å². The van der Waals surface area contributed by atoms with E-state index in [1.807, 2.05) is 0 Å². The highest BCUT2D eigenvalue weighted by Gasteiger charge is 2.34. The molecule has 0 unspecified atom stereocenters. The van der Waals surface area contributed by atoms with Crippen molar-refractivity contribution in [3.8, 4) is 0 Å². The molecule has 4 heteroatoms. The standard InChI is InChI=1S/C12H14BrClFN/c13-8-4-5-9(15)10(11(8)14)12(16)6-2-1-3-7-12/h4-5H,1-3,6-7,16H2. The predicted octanol–water partition coefficient (Wildman–Crippen LogP) is 4.36. The molecule has 1 aromatic rings. The third-order valence-electron chi connectivity index (χ3n) is 3.29. The average Bonchev–Trinajstić information content (AvgIpc) is 2.25. The molecular weight excluding hydrogens is 292 g/mol. The smallest absolute Gasteiger partial charge is 0.129 e. The molecule has 0 heterocycles. The van der Waals surface area contributed by atoms with Crippen LogP contribution >= 0.6 is 27.5 Å². The van der Waals surface area contributed by atoms with Gasteiger partial charge in [0.1, 0.15) is 5.82 Å². The quantitative estimate of drug-likeness (QED) is 0.767. The van der Waals surface area contributed by atoms with Crippen LogP contribution in [0.25, 0.3) is 0 Å². The van der Waals surface area contributed by atoms with E-state index in [0.29, 0.717) is 15.1 Å². The first-order chi connectivity index (χ1) is 7.54. The maximum Gasteiger partial charge on any atom is 0.129 e. The first-order valence-corrected chi connectivity index (χ1v) is 6.64. The summed E-state index contributed by atoms with van der Waals surface area (Å²) in [6, 6.07) is 3.04. The largest absolute Gasteiger partial charge is 0.321 e. The Labute approximate surface area is 108 Å². The summed E-state index contributed by atoms with van der Waals surface area (Å²) in [7, 11) is 0. The van der Waals surface area contributed by atoms with Gasteiger partial charge in [-0.25, -0.2) is 4.39 Å². The van der Waals surface area contributed by atoms with E-state index in [0.717, 1.165) is 25.7 Å². The van der Waals surface area contributed by atoms with Crippen LogP contribution in [0.1, 0.15) is 37.7 Å². The number of hydrogen-bond donors (Lipinski definition) is 1. The van der Waals surface area contributed by atoms with Crippen molar-refractivity contribution < 1.29 is 4.39 Å². The molecule has 1 aromatic carbocycles. The molecule has 1 nitrogen and oxygen atoms in total. The Morgan fingerprint density at radius 1 is 1.25 bits per heavy atom. The lowest BCUT2D eigenvalue weighted by molar-refractivity contribution is 0.293. The van der Waals surface area contributed by atoms with Crippen molar-refractivity contribution >= 4 is 27.5 Å². The number of hydrogen-bond acceptors (Lipinski definition) is 1. The highest BCUT2D eigenvalue weighted by atomic mass is 79.9.